The molecule has 3 rings (SSSR count). The van der Waals surface area contributed by atoms with E-state index in [0.29, 0.717) is 5.82 Å². The van der Waals surface area contributed by atoms with Gasteiger partial charge < -0.3 is 10.2 Å². The molecule has 0 saturated heterocycles. The number of aromatic nitrogens is 3. The highest BCUT2D eigenvalue weighted by Gasteiger charge is 2.09. The highest BCUT2D eigenvalue weighted by atomic mass is 19.1. The Hall–Kier alpha value is -2.86. The lowest BCUT2D eigenvalue weighted by Crippen LogP contribution is -2.21. The summed E-state index contributed by atoms with van der Waals surface area (Å²) >= 11 is 0. The molecule has 0 aliphatic carbocycles. The third kappa shape index (κ3) is 4.58. The van der Waals surface area contributed by atoms with Crippen LogP contribution in [-0.2, 0) is 0 Å². The molecule has 0 unspecified atom stereocenters. The molecule has 5 nitrogen and oxygen atoms in total. The summed E-state index contributed by atoms with van der Waals surface area (Å²) in [6.07, 6.45) is 3.42. The standard InChI is InChI=1S/C19H20FN5/c1-25(2)12-11-22-18-13-17(14-3-5-16(20)6-4-14)23-19(24-18)15-7-9-21-10-8-15/h3-10,13H,11-12H2,1-2H3,(H,22,23,24). The van der Waals surface area contributed by atoms with Crippen LogP contribution in [-0.4, -0.2) is 47.0 Å². The van der Waals surface area contributed by atoms with Gasteiger partial charge in [0, 0.05) is 42.7 Å². The van der Waals surface area contributed by atoms with Crippen LogP contribution in [0, 0.1) is 5.82 Å². The van der Waals surface area contributed by atoms with Crippen LogP contribution in [0.1, 0.15) is 0 Å². The fraction of sp³-hybridized carbons (Fsp3) is 0.211. The van der Waals surface area contributed by atoms with Gasteiger partial charge in [-0.1, -0.05) is 0 Å². The lowest BCUT2D eigenvalue weighted by atomic mass is 10.1. The molecule has 0 radical (unpaired) electrons. The lowest BCUT2D eigenvalue weighted by molar-refractivity contribution is 0.425. The second-order valence-electron chi connectivity index (χ2n) is 5.93. The Bertz CT molecular complexity index is 819. The summed E-state index contributed by atoms with van der Waals surface area (Å²) in [6.45, 7) is 1.66. The first-order valence-electron chi connectivity index (χ1n) is 8.06. The van der Waals surface area contributed by atoms with Crippen LogP contribution in [0.25, 0.3) is 22.6 Å². The minimum absolute atomic E-state index is 0.267. The number of hydrogen-bond donors (Lipinski definition) is 1. The van der Waals surface area contributed by atoms with Crippen molar-refractivity contribution in [3.63, 3.8) is 0 Å². The van der Waals surface area contributed by atoms with Crippen molar-refractivity contribution in [3.05, 3.63) is 60.7 Å². The summed E-state index contributed by atoms with van der Waals surface area (Å²) in [4.78, 5) is 15.4. The van der Waals surface area contributed by atoms with Gasteiger partial charge in [-0.25, -0.2) is 14.4 Å². The van der Waals surface area contributed by atoms with Crippen molar-refractivity contribution >= 4 is 5.82 Å². The van der Waals surface area contributed by atoms with E-state index in [0.717, 1.165) is 35.7 Å². The van der Waals surface area contributed by atoms with Crippen LogP contribution in [0.2, 0.25) is 0 Å². The van der Waals surface area contributed by atoms with Crippen molar-refractivity contribution < 1.29 is 4.39 Å². The highest BCUT2D eigenvalue weighted by molar-refractivity contribution is 5.67. The second-order valence-corrected chi connectivity index (χ2v) is 5.93. The predicted molar refractivity (Wildman–Crippen MR) is 97.7 cm³/mol. The molecule has 0 aliphatic rings. The number of likely N-dealkylation sites (N-methyl/N-ethyl adjacent to an activating group) is 1. The average Bonchev–Trinajstić information content (AvgIpc) is 2.62. The Labute approximate surface area is 146 Å². The molecule has 2 heterocycles. The third-order valence-corrected chi connectivity index (χ3v) is 3.67. The first-order valence-corrected chi connectivity index (χ1v) is 8.06. The summed E-state index contributed by atoms with van der Waals surface area (Å²) in [6, 6.07) is 11.9. The van der Waals surface area contributed by atoms with Gasteiger partial charge in [-0.3, -0.25) is 4.98 Å². The maximum absolute atomic E-state index is 13.2. The monoisotopic (exact) mass is 337 g/mol. The Morgan fingerprint density at radius 1 is 0.960 bits per heavy atom. The zero-order valence-electron chi connectivity index (χ0n) is 14.3. The van der Waals surface area contributed by atoms with Crippen LogP contribution < -0.4 is 5.32 Å². The lowest BCUT2D eigenvalue weighted by Gasteiger charge is -2.13. The van der Waals surface area contributed by atoms with Crippen molar-refractivity contribution in [3.8, 4) is 22.6 Å². The minimum Gasteiger partial charge on any atom is -0.369 e. The van der Waals surface area contributed by atoms with Crippen LogP contribution >= 0.6 is 0 Å². The zero-order valence-corrected chi connectivity index (χ0v) is 14.3. The molecule has 0 bridgehead atoms. The average molecular weight is 337 g/mol. The number of nitrogens with zero attached hydrogens (tertiary/aromatic N) is 4. The van der Waals surface area contributed by atoms with Gasteiger partial charge in [0.25, 0.3) is 0 Å². The number of pyridine rings is 1. The molecule has 1 N–H and O–H groups in total. The quantitative estimate of drug-likeness (QED) is 0.748. The van der Waals surface area contributed by atoms with Crippen molar-refractivity contribution in [1.82, 2.24) is 19.9 Å². The first-order chi connectivity index (χ1) is 12.1. The summed E-state index contributed by atoms with van der Waals surface area (Å²) < 4.78 is 13.2. The SMILES string of the molecule is CN(C)CCNc1cc(-c2ccc(F)cc2)nc(-c2ccncc2)n1. The van der Waals surface area contributed by atoms with Crippen molar-refractivity contribution in [1.29, 1.82) is 0 Å². The van der Waals surface area contributed by atoms with E-state index in [1.807, 2.05) is 32.3 Å². The molecule has 128 valence electrons. The Morgan fingerprint density at radius 2 is 1.68 bits per heavy atom. The van der Waals surface area contributed by atoms with Crippen LogP contribution in [0.3, 0.4) is 0 Å². The zero-order chi connectivity index (χ0) is 17.6. The molecule has 0 aliphatic heterocycles. The third-order valence-electron chi connectivity index (χ3n) is 3.67. The number of hydrogen-bond acceptors (Lipinski definition) is 5. The number of anilines is 1. The maximum atomic E-state index is 13.2. The minimum atomic E-state index is -0.267. The number of rotatable bonds is 6. The fourth-order valence-corrected chi connectivity index (χ4v) is 2.34. The van der Waals surface area contributed by atoms with Gasteiger partial charge in [0.15, 0.2) is 5.82 Å². The van der Waals surface area contributed by atoms with E-state index in [-0.39, 0.29) is 5.82 Å². The van der Waals surface area contributed by atoms with E-state index in [2.05, 4.69) is 25.2 Å². The van der Waals surface area contributed by atoms with E-state index >= 15 is 0 Å². The Morgan fingerprint density at radius 3 is 2.36 bits per heavy atom. The van der Waals surface area contributed by atoms with Crippen LogP contribution in [0.15, 0.2) is 54.9 Å². The van der Waals surface area contributed by atoms with Gasteiger partial charge >= 0.3 is 0 Å². The molecule has 25 heavy (non-hydrogen) atoms. The maximum Gasteiger partial charge on any atom is 0.162 e. The number of halogens is 1. The Balaban J connectivity index is 1.97. The van der Waals surface area contributed by atoms with Gasteiger partial charge in [-0.15, -0.1) is 0 Å². The molecule has 6 heteroatoms. The second kappa shape index (κ2) is 7.81. The van der Waals surface area contributed by atoms with Gasteiger partial charge in [-0.05, 0) is 50.5 Å². The Kier molecular flexibility index (Phi) is 5.30. The molecule has 0 saturated carbocycles. The van der Waals surface area contributed by atoms with Gasteiger partial charge in [-0.2, -0.15) is 0 Å². The molecule has 1 aromatic carbocycles. The predicted octanol–water partition coefficient (Wildman–Crippen LogP) is 3.32. The van der Waals surface area contributed by atoms with Crippen molar-refractivity contribution in [2.75, 3.05) is 32.5 Å². The smallest absolute Gasteiger partial charge is 0.162 e. The number of benzene rings is 1. The fourth-order valence-electron chi connectivity index (χ4n) is 2.34. The first kappa shape index (κ1) is 17.0. The molecule has 0 amide bonds. The summed E-state index contributed by atoms with van der Waals surface area (Å²) in [5, 5.41) is 3.33. The van der Waals surface area contributed by atoms with Crippen molar-refractivity contribution in [2.24, 2.45) is 0 Å². The van der Waals surface area contributed by atoms with Gasteiger partial charge in [0.05, 0.1) is 5.69 Å². The van der Waals surface area contributed by atoms with Crippen molar-refractivity contribution in [2.45, 2.75) is 0 Å². The molecule has 0 atom stereocenters. The van der Waals surface area contributed by atoms with E-state index in [1.165, 1.54) is 12.1 Å². The summed E-state index contributed by atoms with van der Waals surface area (Å²) in [7, 11) is 4.04. The normalized spacial score (nSPS) is 10.9. The van der Waals surface area contributed by atoms with E-state index in [9.17, 15) is 4.39 Å². The van der Waals surface area contributed by atoms with Gasteiger partial charge in [0.1, 0.15) is 11.6 Å². The summed E-state index contributed by atoms with van der Waals surface area (Å²) in [5.74, 6) is 1.08. The highest BCUT2D eigenvalue weighted by Crippen LogP contribution is 2.24. The van der Waals surface area contributed by atoms with E-state index < -0.39 is 0 Å². The molecular formula is C19H20FN5. The number of nitrogens with one attached hydrogen (secondary N) is 1. The largest absolute Gasteiger partial charge is 0.369 e. The summed E-state index contributed by atoms with van der Waals surface area (Å²) in [5.41, 5.74) is 2.47. The molecular weight excluding hydrogens is 317 g/mol. The van der Waals surface area contributed by atoms with Gasteiger partial charge in [0.2, 0.25) is 0 Å². The molecule has 0 fully saturated rings. The van der Waals surface area contributed by atoms with Crippen LogP contribution in [0.4, 0.5) is 10.2 Å². The molecule has 0 spiro atoms. The molecule has 2 aromatic heterocycles. The van der Waals surface area contributed by atoms with E-state index in [1.54, 1.807) is 24.5 Å². The topological polar surface area (TPSA) is 53.9 Å². The molecule has 3 aromatic rings. The van der Waals surface area contributed by atoms with Crippen LogP contribution in [0.5, 0.6) is 0 Å². The van der Waals surface area contributed by atoms with E-state index in [4.69, 9.17) is 0 Å².